The number of hydrogen-bond acceptors (Lipinski definition) is 4. The van der Waals surface area contributed by atoms with Crippen LogP contribution in [0.1, 0.15) is 37.0 Å². The molecule has 0 aliphatic heterocycles. The normalized spacial score (nSPS) is 16.2. The zero-order valence-electron chi connectivity index (χ0n) is 12.6. The third-order valence-electron chi connectivity index (χ3n) is 4.53. The average molecular weight is 288 g/mol. The molecule has 1 aliphatic rings. The van der Waals surface area contributed by atoms with Gasteiger partial charge in [0.15, 0.2) is 0 Å². The van der Waals surface area contributed by atoms with Gasteiger partial charge in [-0.2, -0.15) is 5.10 Å². The molecule has 0 bridgehead atoms. The molecule has 112 valence electrons. The van der Waals surface area contributed by atoms with Crippen molar-refractivity contribution in [2.24, 2.45) is 18.4 Å². The molecule has 0 atom stereocenters. The maximum absolute atomic E-state index is 12.5. The van der Waals surface area contributed by atoms with Gasteiger partial charge in [-0.3, -0.25) is 14.0 Å². The number of aromatic nitrogens is 5. The summed E-state index contributed by atoms with van der Waals surface area (Å²) in [5.74, 6) is 1.16. The highest BCUT2D eigenvalue weighted by Crippen LogP contribution is 2.51. The molecular formula is C14H20N6O. The number of rotatable bonds is 5. The third kappa shape index (κ3) is 2.43. The molecule has 1 N–H and O–H groups in total. The van der Waals surface area contributed by atoms with Crippen molar-refractivity contribution in [1.82, 2.24) is 29.9 Å². The van der Waals surface area contributed by atoms with Gasteiger partial charge >= 0.3 is 0 Å². The minimum absolute atomic E-state index is 0.0984. The van der Waals surface area contributed by atoms with Crippen molar-refractivity contribution in [3.8, 4) is 5.82 Å². The predicted molar refractivity (Wildman–Crippen MR) is 77.0 cm³/mol. The lowest BCUT2D eigenvalue weighted by Gasteiger charge is -2.20. The Morgan fingerprint density at radius 2 is 2.05 bits per heavy atom. The number of nitrogens with one attached hydrogen (secondary N) is 1. The molecule has 21 heavy (non-hydrogen) atoms. The Kier molecular flexibility index (Phi) is 3.27. The Balaban J connectivity index is 1.77. The lowest BCUT2D eigenvalue weighted by Crippen LogP contribution is -2.33. The Morgan fingerprint density at radius 3 is 2.62 bits per heavy atom. The van der Waals surface area contributed by atoms with E-state index in [1.165, 1.54) is 12.8 Å². The smallest absolute Gasteiger partial charge is 0.256 e. The van der Waals surface area contributed by atoms with E-state index in [-0.39, 0.29) is 11.3 Å². The fourth-order valence-corrected chi connectivity index (χ4v) is 2.68. The molecule has 1 fully saturated rings. The molecule has 1 amide bonds. The second-order valence-electron chi connectivity index (χ2n) is 6.07. The number of carbonyl (C=O) groups is 1. The Morgan fingerprint density at radius 1 is 1.38 bits per heavy atom. The van der Waals surface area contributed by atoms with Gasteiger partial charge in [-0.15, -0.1) is 10.2 Å². The van der Waals surface area contributed by atoms with E-state index in [9.17, 15) is 4.79 Å². The summed E-state index contributed by atoms with van der Waals surface area (Å²) in [5, 5.41) is 14.8. The Bertz CT molecular complexity index is 638. The zero-order valence-corrected chi connectivity index (χ0v) is 12.6. The van der Waals surface area contributed by atoms with Gasteiger partial charge in [0.1, 0.15) is 24.0 Å². The molecule has 7 nitrogen and oxygen atoms in total. The minimum atomic E-state index is -0.0984. The largest absolute Gasteiger partial charge is 0.351 e. The summed E-state index contributed by atoms with van der Waals surface area (Å²) in [6.07, 6.45) is 7.08. The quantitative estimate of drug-likeness (QED) is 0.895. The summed E-state index contributed by atoms with van der Waals surface area (Å²) < 4.78 is 3.34. The van der Waals surface area contributed by atoms with E-state index >= 15 is 0 Å². The van der Waals surface area contributed by atoms with E-state index in [0.717, 1.165) is 6.54 Å². The van der Waals surface area contributed by atoms with Crippen molar-refractivity contribution in [2.45, 2.75) is 26.7 Å². The van der Waals surface area contributed by atoms with Crippen LogP contribution in [0.3, 0.4) is 0 Å². The van der Waals surface area contributed by atoms with E-state index in [2.05, 4.69) is 34.5 Å². The standard InChI is InChI=1S/C14H20N6O/c1-10(2)14(4-5-14)7-15-12(21)11-6-18-19(3)13(11)20-8-16-17-9-20/h6,8-10H,4-5,7H2,1-3H3,(H,15,21). The molecule has 0 radical (unpaired) electrons. The Hall–Kier alpha value is -2.18. The molecule has 7 heteroatoms. The highest BCUT2D eigenvalue weighted by atomic mass is 16.1. The molecule has 3 rings (SSSR count). The molecule has 1 aliphatic carbocycles. The van der Waals surface area contributed by atoms with E-state index in [0.29, 0.717) is 17.3 Å². The van der Waals surface area contributed by atoms with Crippen LogP contribution in [0.2, 0.25) is 0 Å². The van der Waals surface area contributed by atoms with E-state index in [1.54, 1.807) is 35.1 Å². The highest BCUT2D eigenvalue weighted by Gasteiger charge is 2.45. The van der Waals surface area contributed by atoms with Crippen LogP contribution in [0, 0.1) is 11.3 Å². The summed E-state index contributed by atoms with van der Waals surface area (Å²) in [4.78, 5) is 12.5. The van der Waals surface area contributed by atoms with Crippen LogP contribution in [0.15, 0.2) is 18.9 Å². The summed E-state index contributed by atoms with van der Waals surface area (Å²) in [6.45, 7) is 5.15. The first-order valence-corrected chi connectivity index (χ1v) is 7.19. The van der Waals surface area contributed by atoms with Gasteiger partial charge in [0.25, 0.3) is 5.91 Å². The second-order valence-corrected chi connectivity index (χ2v) is 6.07. The van der Waals surface area contributed by atoms with Gasteiger partial charge < -0.3 is 5.32 Å². The van der Waals surface area contributed by atoms with Gasteiger partial charge in [-0.25, -0.2) is 0 Å². The first-order valence-electron chi connectivity index (χ1n) is 7.19. The lowest BCUT2D eigenvalue weighted by molar-refractivity contribution is 0.0939. The predicted octanol–water partition coefficient (Wildman–Crippen LogP) is 1.17. The first-order chi connectivity index (χ1) is 10.0. The van der Waals surface area contributed by atoms with Gasteiger partial charge in [-0.05, 0) is 24.2 Å². The van der Waals surface area contributed by atoms with Crippen LogP contribution in [0.25, 0.3) is 5.82 Å². The number of aryl methyl sites for hydroxylation is 1. The van der Waals surface area contributed by atoms with Gasteiger partial charge in [0.2, 0.25) is 0 Å². The topological polar surface area (TPSA) is 77.6 Å². The van der Waals surface area contributed by atoms with Crippen LogP contribution in [0.4, 0.5) is 0 Å². The van der Waals surface area contributed by atoms with Crippen LogP contribution in [-0.4, -0.2) is 37.0 Å². The van der Waals surface area contributed by atoms with Crippen molar-refractivity contribution >= 4 is 5.91 Å². The van der Waals surface area contributed by atoms with Crippen molar-refractivity contribution in [1.29, 1.82) is 0 Å². The Labute approximate surface area is 123 Å². The molecule has 2 aromatic heterocycles. The lowest BCUT2D eigenvalue weighted by atomic mass is 9.92. The molecule has 1 saturated carbocycles. The number of carbonyl (C=O) groups excluding carboxylic acids is 1. The molecule has 0 spiro atoms. The molecule has 0 saturated heterocycles. The van der Waals surface area contributed by atoms with Crippen molar-refractivity contribution in [3.05, 3.63) is 24.4 Å². The summed E-state index contributed by atoms with van der Waals surface area (Å²) in [7, 11) is 1.79. The van der Waals surface area contributed by atoms with Crippen LogP contribution in [0.5, 0.6) is 0 Å². The van der Waals surface area contributed by atoms with Crippen molar-refractivity contribution in [3.63, 3.8) is 0 Å². The van der Waals surface area contributed by atoms with Gasteiger partial charge in [0.05, 0.1) is 6.20 Å². The second kappa shape index (κ2) is 4.98. The van der Waals surface area contributed by atoms with E-state index < -0.39 is 0 Å². The summed E-state index contributed by atoms with van der Waals surface area (Å²) in [5.41, 5.74) is 0.825. The SMILES string of the molecule is CC(C)C1(CNC(=O)c2cnn(C)c2-n2cnnc2)CC1. The fourth-order valence-electron chi connectivity index (χ4n) is 2.68. The van der Waals surface area contributed by atoms with Crippen molar-refractivity contribution in [2.75, 3.05) is 6.54 Å². The van der Waals surface area contributed by atoms with Crippen LogP contribution >= 0.6 is 0 Å². The number of hydrogen-bond donors (Lipinski definition) is 1. The zero-order chi connectivity index (χ0) is 15.0. The summed E-state index contributed by atoms with van der Waals surface area (Å²) in [6, 6.07) is 0. The molecule has 0 unspecified atom stereocenters. The van der Waals surface area contributed by atoms with E-state index in [1.807, 2.05) is 0 Å². The highest BCUT2D eigenvalue weighted by molar-refractivity contribution is 5.97. The summed E-state index contributed by atoms with van der Waals surface area (Å²) >= 11 is 0. The van der Waals surface area contributed by atoms with Crippen LogP contribution < -0.4 is 5.32 Å². The molecule has 2 heterocycles. The number of amides is 1. The average Bonchev–Trinajstić information content (AvgIpc) is 2.88. The fraction of sp³-hybridized carbons (Fsp3) is 0.571. The maximum Gasteiger partial charge on any atom is 0.256 e. The maximum atomic E-state index is 12.5. The third-order valence-corrected chi connectivity index (χ3v) is 4.53. The minimum Gasteiger partial charge on any atom is -0.351 e. The van der Waals surface area contributed by atoms with E-state index in [4.69, 9.17) is 0 Å². The molecular weight excluding hydrogens is 268 g/mol. The van der Waals surface area contributed by atoms with Crippen LogP contribution in [-0.2, 0) is 7.05 Å². The molecule has 0 aromatic carbocycles. The van der Waals surface area contributed by atoms with Gasteiger partial charge in [-0.1, -0.05) is 13.8 Å². The monoisotopic (exact) mass is 288 g/mol. The first kappa shape index (κ1) is 13.8. The van der Waals surface area contributed by atoms with Crippen molar-refractivity contribution < 1.29 is 4.79 Å². The number of nitrogens with zero attached hydrogens (tertiary/aromatic N) is 5. The molecule has 2 aromatic rings. The van der Waals surface area contributed by atoms with Gasteiger partial charge in [0, 0.05) is 13.6 Å².